The number of hydrogen-bond acceptors (Lipinski definition) is 4. The van der Waals surface area contributed by atoms with Crippen LogP contribution in [0.2, 0.25) is 0 Å². The number of oxime groups is 1. The van der Waals surface area contributed by atoms with Crippen LogP contribution < -0.4 is 5.73 Å². The number of pyridine rings is 1. The molecule has 21 heavy (non-hydrogen) atoms. The van der Waals surface area contributed by atoms with E-state index in [4.69, 9.17) is 10.9 Å². The second-order valence-corrected chi connectivity index (χ2v) is 5.51. The number of rotatable bonds is 3. The van der Waals surface area contributed by atoms with Gasteiger partial charge in [0, 0.05) is 11.3 Å². The maximum absolute atomic E-state index is 14.0. The monoisotopic (exact) mass is 309 g/mol. The average molecular weight is 309 g/mol. The Morgan fingerprint density at radius 2 is 1.81 bits per heavy atom. The third kappa shape index (κ3) is 3.49. The lowest BCUT2D eigenvalue weighted by Gasteiger charge is -2.08. The van der Waals surface area contributed by atoms with Gasteiger partial charge in [0.1, 0.15) is 16.7 Å². The molecule has 0 amide bonds. The fourth-order valence-corrected chi connectivity index (χ4v) is 2.78. The fraction of sp³-hybridized carbons (Fsp3) is 0.143. The van der Waals surface area contributed by atoms with Gasteiger partial charge in [-0.1, -0.05) is 16.9 Å². The highest BCUT2D eigenvalue weighted by Gasteiger charge is 2.15. The molecule has 0 saturated carbocycles. The molecule has 0 bridgehead atoms. The van der Waals surface area contributed by atoms with Gasteiger partial charge in [-0.15, -0.1) is 0 Å². The van der Waals surface area contributed by atoms with E-state index in [0.29, 0.717) is 5.03 Å². The number of nitrogens with two attached hydrogens (primary N) is 1. The number of halogens is 2. The Labute approximate surface area is 124 Å². The minimum Gasteiger partial charge on any atom is -0.409 e. The lowest BCUT2D eigenvalue weighted by molar-refractivity contribution is 0.318. The molecular weight excluding hydrogens is 296 g/mol. The van der Waals surface area contributed by atoms with Crippen LogP contribution in [0, 0.1) is 25.5 Å². The summed E-state index contributed by atoms with van der Waals surface area (Å²) in [4.78, 5) is 4.05. The average Bonchev–Trinajstić information content (AvgIpc) is 2.40. The number of hydrogen-bond donors (Lipinski definition) is 2. The summed E-state index contributed by atoms with van der Waals surface area (Å²) in [5.74, 6) is -1.93. The molecule has 0 atom stereocenters. The first-order chi connectivity index (χ1) is 9.90. The topological polar surface area (TPSA) is 71.5 Å². The molecule has 110 valence electrons. The minimum atomic E-state index is -0.789. The van der Waals surface area contributed by atoms with E-state index >= 15 is 0 Å². The van der Waals surface area contributed by atoms with Crippen molar-refractivity contribution in [3.63, 3.8) is 0 Å². The van der Waals surface area contributed by atoms with Crippen LogP contribution in [0.3, 0.4) is 0 Å². The Hall–Kier alpha value is -2.15. The quantitative estimate of drug-likeness (QED) is 0.395. The first kappa shape index (κ1) is 15.2. The Kier molecular flexibility index (Phi) is 4.42. The molecule has 0 aliphatic rings. The predicted octanol–water partition coefficient (Wildman–Crippen LogP) is 3.22. The van der Waals surface area contributed by atoms with Crippen LogP contribution in [0.1, 0.15) is 16.8 Å². The Bertz CT molecular complexity index is 676. The van der Waals surface area contributed by atoms with Crippen LogP contribution in [-0.4, -0.2) is 16.0 Å². The molecule has 2 aromatic rings. The molecule has 4 nitrogen and oxygen atoms in total. The molecule has 0 unspecified atom stereocenters. The largest absolute Gasteiger partial charge is 0.409 e. The molecule has 1 aromatic carbocycles. The van der Waals surface area contributed by atoms with E-state index in [1.54, 1.807) is 6.07 Å². The van der Waals surface area contributed by atoms with E-state index in [9.17, 15) is 8.78 Å². The summed E-state index contributed by atoms with van der Waals surface area (Å²) in [5, 5.41) is 11.8. The smallest absolute Gasteiger partial charge is 0.170 e. The predicted molar refractivity (Wildman–Crippen MR) is 76.7 cm³/mol. The van der Waals surface area contributed by atoms with Crippen LogP contribution in [0.15, 0.2) is 39.3 Å². The van der Waals surface area contributed by atoms with Gasteiger partial charge in [0.05, 0.1) is 4.90 Å². The lowest BCUT2D eigenvalue weighted by Crippen LogP contribution is -2.14. The molecule has 3 N–H and O–H groups in total. The van der Waals surface area contributed by atoms with Crippen LogP contribution in [0.5, 0.6) is 0 Å². The maximum Gasteiger partial charge on any atom is 0.170 e. The summed E-state index contributed by atoms with van der Waals surface area (Å²) in [6, 6.07) is 5.65. The molecule has 1 heterocycles. The standard InChI is InChI=1S/C14H13F2N3OS/c1-7-3-8(2)18-12(4-7)21-13-10(15)5-9(6-11(13)16)14(17)19-20/h3-6,20H,1-2H3,(H2,17,19). The van der Waals surface area contributed by atoms with Crippen molar-refractivity contribution in [1.29, 1.82) is 0 Å². The van der Waals surface area contributed by atoms with Crippen molar-refractivity contribution in [2.45, 2.75) is 23.8 Å². The van der Waals surface area contributed by atoms with Gasteiger partial charge in [0.25, 0.3) is 0 Å². The molecule has 0 fully saturated rings. The van der Waals surface area contributed by atoms with E-state index in [1.807, 2.05) is 19.9 Å². The van der Waals surface area contributed by atoms with Crippen molar-refractivity contribution in [2.24, 2.45) is 10.9 Å². The van der Waals surface area contributed by atoms with Gasteiger partial charge in [-0.25, -0.2) is 13.8 Å². The Morgan fingerprint density at radius 1 is 1.19 bits per heavy atom. The molecule has 0 aliphatic heterocycles. The van der Waals surface area contributed by atoms with Gasteiger partial charge < -0.3 is 10.9 Å². The third-order valence-corrected chi connectivity index (χ3v) is 3.70. The van der Waals surface area contributed by atoms with E-state index in [-0.39, 0.29) is 16.3 Å². The second-order valence-electron chi connectivity index (χ2n) is 4.48. The number of aromatic nitrogens is 1. The molecule has 0 spiro atoms. The number of amidine groups is 1. The second kappa shape index (κ2) is 6.09. The summed E-state index contributed by atoms with van der Waals surface area (Å²) in [6.07, 6.45) is 0. The van der Waals surface area contributed by atoms with Crippen molar-refractivity contribution in [3.05, 3.63) is 52.7 Å². The molecular formula is C14H13F2N3OS. The lowest BCUT2D eigenvalue weighted by atomic mass is 10.2. The normalized spacial score (nSPS) is 11.7. The third-order valence-electron chi connectivity index (χ3n) is 2.68. The van der Waals surface area contributed by atoms with Crippen LogP contribution in [0.25, 0.3) is 0 Å². The first-order valence-corrected chi connectivity index (χ1v) is 6.82. The van der Waals surface area contributed by atoms with E-state index in [2.05, 4.69) is 10.1 Å². The molecule has 7 heteroatoms. The highest BCUT2D eigenvalue weighted by molar-refractivity contribution is 7.99. The van der Waals surface area contributed by atoms with Gasteiger partial charge in [0.2, 0.25) is 0 Å². The fourth-order valence-electron chi connectivity index (χ4n) is 1.82. The molecule has 0 aliphatic carbocycles. The number of nitrogens with zero attached hydrogens (tertiary/aromatic N) is 2. The van der Waals surface area contributed by atoms with E-state index in [0.717, 1.165) is 35.2 Å². The summed E-state index contributed by atoms with van der Waals surface area (Å²) >= 11 is 0.893. The zero-order chi connectivity index (χ0) is 15.6. The zero-order valence-electron chi connectivity index (χ0n) is 11.4. The van der Waals surface area contributed by atoms with Gasteiger partial charge in [-0.05, 0) is 43.7 Å². The molecule has 2 rings (SSSR count). The van der Waals surface area contributed by atoms with Gasteiger partial charge >= 0.3 is 0 Å². The van der Waals surface area contributed by atoms with Crippen molar-refractivity contribution >= 4 is 17.6 Å². The molecule has 0 radical (unpaired) electrons. The van der Waals surface area contributed by atoms with Crippen LogP contribution in [-0.2, 0) is 0 Å². The zero-order valence-corrected chi connectivity index (χ0v) is 12.2. The van der Waals surface area contributed by atoms with Crippen LogP contribution >= 0.6 is 11.8 Å². The highest BCUT2D eigenvalue weighted by atomic mass is 32.2. The van der Waals surface area contributed by atoms with Crippen molar-refractivity contribution in [2.75, 3.05) is 0 Å². The summed E-state index contributed by atoms with van der Waals surface area (Å²) in [5.41, 5.74) is 7.03. The number of aryl methyl sites for hydroxylation is 2. The molecule has 1 aromatic heterocycles. The van der Waals surface area contributed by atoms with Gasteiger partial charge in [-0.3, -0.25) is 0 Å². The highest BCUT2D eigenvalue weighted by Crippen LogP contribution is 2.32. The van der Waals surface area contributed by atoms with E-state index < -0.39 is 11.6 Å². The Balaban J connectivity index is 2.41. The summed E-state index contributed by atoms with van der Waals surface area (Å²) < 4.78 is 28.0. The SMILES string of the molecule is Cc1cc(C)nc(Sc2c(F)cc(/C(N)=N/O)cc2F)c1. The van der Waals surface area contributed by atoms with Crippen molar-refractivity contribution in [3.8, 4) is 0 Å². The summed E-state index contributed by atoms with van der Waals surface area (Å²) in [7, 11) is 0. The Morgan fingerprint density at radius 3 is 2.33 bits per heavy atom. The maximum atomic E-state index is 14.0. The van der Waals surface area contributed by atoms with Crippen molar-refractivity contribution < 1.29 is 14.0 Å². The van der Waals surface area contributed by atoms with E-state index in [1.165, 1.54) is 0 Å². The summed E-state index contributed by atoms with van der Waals surface area (Å²) in [6.45, 7) is 3.69. The van der Waals surface area contributed by atoms with Gasteiger partial charge in [0.15, 0.2) is 5.84 Å². The van der Waals surface area contributed by atoms with Crippen molar-refractivity contribution in [1.82, 2.24) is 4.98 Å². The number of benzene rings is 1. The van der Waals surface area contributed by atoms with Crippen LogP contribution in [0.4, 0.5) is 8.78 Å². The van der Waals surface area contributed by atoms with Gasteiger partial charge in [-0.2, -0.15) is 0 Å². The first-order valence-electron chi connectivity index (χ1n) is 6.01. The molecule has 0 saturated heterocycles. The minimum absolute atomic E-state index is 0.0229.